The predicted octanol–water partition coefficient (Wildman–Crippen LogP) is 17.2. The van der Waals surface area contributed by atoms with E-state index in [0.717, 1.165) is 166 Å². The van der Waals surface area contributed by atoms with Crippen LogP contribution >= 0.6 is 0 Å². The highest BCUT2D eigenvalue weighted by molar-refractivity contribution is 5.98. The molecule has 16 rings (SSSR count). The van der Waals surface area contributed by atoms with E-state index in [0.29, 0.717) is 24.5 Å². The fourth-order valence-corrected chi connectivity index (χ4v) is 12.7. The van der Waals surface area contributed by atoms with Gasteiger partial charge in [0.1, 0.15) is 0 Å². The lowest BCUT2D eigenvalue weighted by Gasteiger charge is -2.18. The molecule has 0 bridgehead atoms. The fourth-order valence-electron chi connectivity index (χ4n) is 12.7. The maximum Gasteiger partial charge on any atom is 0.160 e. The van der Waals surface area contributed by atoms with E-state index in [1.54, 1.807) is 0 Å². The van der Waals surface area contributed by atoms with Crippen molar-refractivity contribution in [3.05, 3.63) is 278 Å². The van der Waals surface area contributed by atoms with Crippen LogP contribution in [0.2, 0.25) is 0 Å². The van der Waals surface area contributed by atoms with Gasteiger partial charge in [0.2, 0.25) is 0 Å². The largest absolute Gasteiger partial charge is 0.265 e. The Kier molecular flexibility index (Phi) is 12.7. The lowest BCUT2D eigenvalue weighted by Crippen LogP contribution is -2.04. The van der Waals surface area contributed by atoms with Crippen LogP contribution in [0.5, 0.6) is 0 Å². The normalized spacial score (nSPS) is 13.6. The summed E-state index contributed by atoms with van der Waals surface area (Å²) in [5.41, 5.74) is 28.0. The van der Waals surface area contributed by atoms with Gasteiger partial charge in [-0.05, 0) is 143 Å². The molecule has 0 radical (unpaired) electrons. The number of aromatic nitrogens is 10. The van der Waals surface area contributed by atoms with Crippen molar-refractivity contribution in [3.63, 3.8) is 0 Å². The van der Waals surface area contributed by atoms with Gasteiger partial charge in [-0.15, -0.1) is 0 Å². The molecule has 0 saturated carbocycles. The van der Waals surface area contributed by atoms with Crippen LogP contribution in [0.15, 0.2) is 244 Å². The minimum absolute atomic E-state index is 0.675. The highest BCUT2D eigenvalue weighted by atomic mass is 14.9. The number of fused-ring (bicyclic) bond motifs is 6. The molecule has 12 aromatic rings. The molecule has 4 aromatic carbocycles. The first-order valence-corrected chi connectivity index (χ1v) is 29.3. The van der Waals surface area contributed by atoms with Crippen LogP contribution in [0.4, 0.5) is 0 Å². The second-order valence-corrected chi connectivity index (χ2v) is 22.1. The van der Waals surface area contributed by atoms with Gasteiger partial charge in [0.25, 0.3) is 0 Å². The molecule has 10 nitrogen and oxygen atoms in total. The smallest absolute Gasteiger partial charge is 0.160 e. The number of nitrogens with zero attached hydrogens (tertiary/aromatic N) is 10. The summed E-state index contributed by atoms with van der Waals surface area (Å²) in [7, 11) is 0. The third-order valence-electron chi connectivity index (χ3n) is 16.9. The van der Waals surface area contributed by atoms with E-state index in [1.165, 1.54) is 16.7 Å². The van der Waals surface area contributed by atoms with Crippen molar-refractivity contribution in [3.8, 4) is 123 Å². The van der Waals surface area contributed by atoms with E-state index >= 15 is 0 Å². The van der Waals surface area contributed by atoms with Crippen molar-refractivity contribution in [2.75, 3.05) is 0 Å². The van der Waals surface area contributed by atoms with Crippen molar-refractivity contribution < 1.29 is 0 Å². The zero-order valence-corrected chi connectivity index (χ0v) is 46.8. The second-order valence-electron chi connectivity index (χ2n) is 22.1. The van der Waals surface area contributed by atoms with Crippen LogP contribution < -0.4 is 0 Å². The summed E-state index contributed by atoms with van der Waals surface area (Å²) in [5, 5.41) is 0. The molecule has 4 aliphatic rings. The van der Waals surface area contributed by atoms with Crippen molar-refractivity contribution in [1.82, 2.24) is 49.8 Å². The molecule has 8 heterocycles. The van der Waals surface area contributed by atoms with Crippen molar-refractivity contribution in [2.45, 2.75) is 38.5 Å². The molecule has 406 valence electrons. The zero-order valence-electron chi connectivity index (χ0n) is 46.8. The number of pyridine rings is 6. The Bertz CT molecular complexity index is 4350. The molecule has 86 heavy (non-hydrogen) atoms. The van der Waals surface area contributed by atoms with E-state index < -0.39 is 0 Å². The summed E-state index contributed by atoms with van der Waals surface area (Å²) in [6.45, 7) is 0. The molecule has 0 spiro atoms. The van der Waals surface area contributed by atoms with Crippen LogP contribution in [-0.4, -0.2) is 49.8 Å². The first kappa shape index (κ1) is 50.6. The Hall–Kier alpha value is -11.1. The molecular weight excluding hydrogens is 1050 g/mol. The summed E-state index contributed by atoms with van der Waals surface area (Å²) >= 11 is 0. The Morgan fingerprint density at radius 2 is 0.663 bits per heavy atom. The first-order chi connectivity index (χ1) is 42.6. The summed E-state index contributed by atoms with van der Waals surface area (Å²) in [6, 6.07) is 55.7. The summed E-state index contributed by atoms with van der Waals surface area (Å²) in [6.07, 6.45) is 33.1. The lowest BCUT2D eigenvalue weighted by atomic mass is 9.91. The summed E-state index contributed by atoms with van der Waals surface area (Å²) in [5.74, 6) is 1.37. The van der Waals surface area contributed by atoms with Gasteiger partial charge in [-0.2, -0.15) is 0 Å². The van der Waals surface area contributed by atoms with Gasteiger partial charge < -0.3 is 0 Å². The van der Waals surface area contributed by atoms with E-state index in [2.05, 4.69) is 166 Å². The van der Waals surface area contributed by atoms with Gasteiger partial charge >= 0.3 is 0 Å². The Morgan fingerprint density at radius 3 is 1.08 bits per heavy atom. The molecule has 0 saturated heterocycles. The van der Waals surface area contributed by atoms with Gasteiger partial charge in [0.05, 0.1) is 45.6 Å². The summed E-state index contributed by atoms with van der Waals surface area (Å²) < 4.78 is 0. The number of rotatable bonds is 11. The molecule has 10 heteroatoms. The fraction of sp³-hybridized carbons (Fsp3) is 0.0789. The lowest BCUT2D eigenvalue weighted by molar-refractivity contribution is 1.03. The highest BCUT2D eigenvalue weighted by Gasteiger charge is 2.33. The maximum absolute atomic E-state index is 5.78. The van der Waals surface area contributed by atoms with Crippen LogP contribution in [0.1, 0.15) is 59.6 Å². The molecule has 0 N–H and O–H groups in total. The number of hydrogen-bond donors (Lipinski definition) is 0. The topological polar surface area (TPSA) is 129 Å². The highest BCUT2D eigenvalue weighted by Crippen LogP contribution is 2.51. The molecule has 0 fully saturated rings. The molecule has 0 atom stereocenters. The molecule has 0 amide bonds. The van der Waals surface area contributed by atoms with Crippen molar-refractivity contribution >= 4 is 11.1 Å². The average Bonchev–Trinajstić information content (AvgIpc) is 1.89. The number of benzene rings is 4. The van der Waals surface area contributed by atoms with E-state index in [9.17, 15) is 0 Å². The van der Waals surface area contributed by atoms with Crippen molar-refractivity contribution in [1.29, 1.82) is 0 Å². The van der Waals surface area contributed by atoms with Crippen LogP contribution in [0, 0.1) is 0 Å². The molecule has 0 aliphatic heterocycles. The third kappa shape index (κ3) is 9.15. The van der Waals surface area contributed by atoms with Gasteiger partial charge in [0.15, 0.2) is 11.6 Å². The molecule has 8 aromatic heterocycles. The van der Waals surface area contributed by atoms with Crippen molar-refractivity contribution in [2.24, 2.45) is 0 Å². The van der Waals surface area contributed by atoms with Gasteiger partial charge in [-0.3, -0.25) is 19.9 Å². The first-order valence-electron chi connectivity index (χ1n) is 29.3. The van der Waals surface area contributed by atoms with Crippen LogP contribution in [0.3, 0.4) is 0 Å². The van der Waals surface area contributed by atoms with E-state index in [-0.39, 0.29) is 0 Å². The Morgan fingerprint density at radius 1 is 0.279 bits per heavy atom. The number of hydrogen-bond acceptors (Lipinski definition) is 10. The maximum atomic E-state index is 5.78. The van der Waals surface area contributed by atoms with Gasteiger partial charge in [-0.1, -0.05) is 121 Å². The van der Waals surface area contributed by atoms with Crippen LogP contribution in [0.25, 0.3) is 135 Å². The van der Waals surface area contributed by atoms with Gasteiger partial charge in [0, 0.05) is 129 Å². The monoisotopic (exact) mass is 1100 g/mol. The van der Waals surface area contributed by atoms with Gasteiger partial charge in [-0.25, -0.2) is 29.9 Å². The SMILES string of the molecule is C1=CC(c2nc(-c3ccncc3)c(-c3ccc4c(c3)-c3cc(-c5ccccc5)nc(-c5cc(-c6ccccc6)nc6c5Cc5ccc(-c7c(-c8ccncc8)nc(C8=CCCC=C8)nc7-c7ccncc7)cc5-6)c3C4)c(-c3ccncc3)n2)=CCC1. The average molecular weight is 1110 g/mol. The molecule has 4 aliphatic carbocycles. The molecule has 0 unspecified atom stereocenters. The Balaban J connectivity index is 0.902. The summed E-state index contributed by atoms with van der Waals surface area (Å²) in [4.78, 5) is 50.9. The predicted molar refractivity (Wildman–Crippen MR) is 343 cm³/mol. The minimum atomic E-state index is 0.675. The standard InChI is InChI=1S/C76H52N10/c1-5-13-47(14-6-1)65-45-61-59-43-57(67-69(49-25-33-77-34-26-49)83-75(53-17-9-3-10-18-53)84-70(67)50-27-35-78-36-28-50)23-21-55(59)41-62(61)74(82-65)64-46-66(48-15-7-2-8-16-48)81-73-60-44-58(24-22-56(60)42-63(64)73)68-71(51-29-37-79-38-30-51)85-76(54-19-11-4-12-20-54)86-72(68)52-31-39-80-40-32-52/h1-2,5-9,11,13-40,43-46H,3-4,10,12,41-42H2. The second kappa shape index (κ2) is 21.6. The number of allylic oxidation sites excluding steroid dienone is 8. The third-order valence-corrected chi connectivity index (χ3v) is 16.9. The zero-order chi connectivity index (χ0) is 56.9. The molecular formula is C76H52N10. The quantitative estimate of drug-likeness (QED) is 0.123. The van der Waals surface area contributed by atoms with Crippen LogP contribution in [-0.2, 0) is 12.8 Å². The minimum Gasteiger partial charge on any atom is -0.265 e. The van der Waals surface area contributed by atoms with E-state index in [1.807, 2.05) is 98.1 Å². The van der Waals surface area contributed by atoms with E-state index in [4.69, 9.17) is 29.9 Å². The Labute approximate surface area is 498 Å².